The molecule has 96 valence electrons. The molecule has 1 heterocycles. The molecule has 0 saturated carbocycles. The number of anilines is 1. The quantitative estimate of drug-likeness (QED) is 0.683. The highest BCUT2D eigenvalue weighted by atomic mass is 79.9. The van der Waals surface area contributed by atoms with E-state index in [0.717, 1.165) is 12.8 Å². The standard InChI is InChI=1S/C12H13BrN2O3/c13-9-4-5-11(12(7-9)15(16)17)14-8-10-3-1-2-6-18-10/h2,4-7,10,14H,1,3,8H2. The Hall–Kier alpha value is -1.56. The lowest BCUT2D eigenvalue weighted by Crippen LogP contribution is -2.23. The molecule has 18 heavy (non-hydrogen) atoms. The van der Waals surface area contributed by atoms with Crippen molar-refractivity contribution in [2.24, 2.45) is 0 Å². The molecule has 0 radical (unpaired) electrons. The third kappa shape index (κ3) is 3.22. The van der Waals surface area contributed by atoms with Crippen LogP contribution in [-0.4, -0.2) is 17.6 Å². The molecule has 0 bridgehead atoms. The molecular formula is C12H13BrN2O3. The van der Waals surface area contributed by atoms with Gasteiger partial charge in [0.15, 0.2) is 0 Å². The van der Waals surface area contributed by atoms with Gasteiger partial charge < -0.3 is 10.1 Å². The normalized spacial score (nSPS) is 18.2. The topological polar surface area (TPSA) is 64.4 Å². The second-order valence-electron chi connectivity index (χ2n) is 4.01. The summed E-state index contributed by atoms with van der Waals surface area (Å²) in [6, 6.07) is 4.96. The van der Waals surface area contributed by atoms with Crippen molar-refractivity contribution < 1.29 is 9.66 Å². The molecule has 1 aromatic carbocycles. The number of nitrogens with one attached hydrogen (secondary N) is 1. The molecule has 1 aromatic rings. The Kier molecular flexibility index (Phi) is 4.19. The Labute approximate surface area is 113 Å². The van der Waals surface area contributed by atoms with Gasteiger partial charge in [-0.2, -0.15) is 0 Å². The summed E-state index contributed by atoms with van der Waals surface area (Å²) >= 11 is 3.23. The number of nitro benzene ring substituents is 1. The smallest absolute Gasteiger partial charge is 0.293 e. The van der Waals surface area contributed by atoms with Crippen molar-refractivity contribution in [3.05, 3.63) is 45.1 Å². The fraction of sp³-hybridized carbons (Fsp3) is 0.333. The van der Waals surface area contributed by atoms with E-state index >= 15 is 0 Å². The molecule has 1 N–H and O–H groups in total. The zero-order chi connectivity index (χ0) is 13.0. The second-order valence-corrected chi connectivity index (χ2v) is 4.92. The molecule has 0 aliphatic carbocycles. The van der Waals surface area contributed by atoms with Crippen molar-refractivity contribution in [3.8, 4) is 0 Å². The Morgan fingerprint density at radius 3 is 3.06 bits per heavy atom. The summed E-state index contributed by atoms with van der Waals surface area (Å²) in [5.41, 5.74) is 0.581. The second kappa shape index (κ2) is 5.86. The third-order valence-corrected chi connectivity index (χ3v) is 3.19. The molecule has 5 nitrogen and oxygen atoms in total. The van der Waals surface area contributed by atoms with E-state index in [4.69, 9.17) is 4.74 Å². The fourth-order valence-electron chi connectivity index (χ4n) is 1.76. The van der Waals surface area contributed by atoms with E-state index in [2.05, 4.69) is 21.2 Å². The number of hydrogen-bond donors (Lipinski definition) is 1. The maximum Gasteiger partial charge on any atom is 0.293 e. The van der Waals surface area contributed by atoms with Crippen LogP contribution >= 0.6 is 15.9 Å². The van der Waals surface area contributed by atoms with E-state index in [0.29, 0.717) is 16.7 Å². The van der Waals surface area contributed by atoms with Crippen LogP contribution in [0.25, 0.3) is 0 Å². The molecule has 1 aliphatic rings. The molecule has 1 aliphatic heterocycles. The minimum atomic E-state index is -0.394. The van der Waals surface area contributed by atoms with Crippen LogP contribution in [0.1, 0.15) is 12.8 Å². The zero-order valence-corrected chi connectivity index (χ0v) is 11.2. The number of allylic oxidation sites excluding steroid dienone is 1. The predicted molar refractivity (Wildman–Crippen MR) is 72.5 cm³/mol. The Morgan fingerprint density at radius 2 is 2.39 bits per heavy atom. The lowest BCUT2D eigenvalue weighted by atomic mass is 10.1. The highest BCUT2D eigenvalue weighted by molar-refractivity contribution is 9.10. The number of hydrogen-bond acceptors (Lipinski definition) is 4. The number of nitrogens with zero attached hydrogens (tertiary/aromatic N) is 1. The van der Waals surface area contributed by atoms with Crippen LogP contribution in [0.5, 0.6) is 0 Å². The first kappa shape index (κ1) is 12.9. The molecule has 0 aromatic heterocycles. The Balaban J connectivity index is 2.04. The highest BCUT2D eigenvalue weighted by Crippen LogP contribution is 2.28. The van der Waals surface area contributed by atoms with Crippen molar-refractivity contribution in [1.29, 1.82) is 0 Å². The average Bonchev–Trinajstić information content (AvgIpc) is 2.38. The molecule has 2 rings (SSSR count). The van der Waals surface area contributed by atoms with Crippen molar-refractivity contribution in [2.45, 2.75) is 18.9 Å². The highest BCUT2D eigenvalue weighted by Gasteiger charge is 2.16. The van der Waals surface area contributed by atoms with Gasteiger partial charge in [-0.3, -0.25) is 10.1 Å². The number of ether oxygens (including phenoxy) is 1. The van der Waals surface area contributed by atoms with E-state index in [1.165, 1.54) is 6.07 Å². The van der Waals surface area contributed by atoms with Crippen LogP contribution in [0, 0.1) is 10.1 Å². The largest absolute Gasteiger partial charge is 0.497 e. The fourth-order valence-corrected chi connectivity index (χ4v) is 2.11. The average molecular weight is 313 g/mol. The van der Waals surface area contributed by atoms with E-state index < -0.39 is 4.92 Å². The van der Waals surface area contributed by atoms with Crippen molar-refractivity contribution in [3.63, 3.8) is 0 Å². The van der Waals surface area contributed by atoms with Crippen molar-refractivity contribution in [1.82, 2.24) is 0 Å². The molecule has 0 fully saturated rings. The molecule has 0 spiro atoms. The van der Waals surface area contributed by atoms with Gasteiger partial charge in [0.1, 0.15) is 11.8 Å². The van der Waals surface area contributed by atoms with Gasteiger partial charge in [0.2, 0.25) is 0 Å². The van der Waals surface area contributed by atoms with Gasteiger partial charge >= 0.3 is 0 Å². The number of benzene rings is 1. The molecule has 6 heteroatoms. The monoisotopic (exact) mass is 312 g/mol. The molecule has 1 atom stereocenters. The van der Waals surface area contributed by atoms with Crippen LogP contribution in [0.4, 0.5) is 11.4 Å². The van der Waals surface area contributed by atoms with Crippen LogP contribution in [0.2, 0.25) is 0 Å². The van der Waals surface area contributed by atoms with Gasteiger partial charge in [-0.1, -0.05) is 15.9 Å². The first-order valence-electron chi connectivity index (χ1n) is 5.65. The van der Waals surface area contributed by atoms with Crippen molar-refractivity contribution in [2.75, 3.05) is 11.9 Å². The maximum atomic E-state index is 10.9. The van der Waals surface area contributed by atoms with Gasteiger partial charge in [-0.05, 0) is 31.1 Å². The lowest BCUT2D eigenvalue weighted by Gasteiger charge is -2.20. The summed E-state index contributed by atoms with van der Waals surface area (Å²) in [5.74, 6) is 0. The SMILES string of the molecule is O=[N+]([O-])c1cc(Br)ccc1NCC1CCC=CO1. The van der Waals surface area contributed by atoms with Crippen LogP contribution < -0.4 is 5.32 Å². The summed E-state index contributed by atoms with van der Waals surface area (Å²) in [5, 5.41) is 14.0. The van der Waals surface area contributed by atoms with Gasteiger partial charge in [0.25, 0.3) is 5.69 Å². The van der Waals surface area contributed by atoms with Gasteiger partial charge in [0, 0.05) is 10.5 Å². The summed E-state index contributed by atoms with van der Waals surface area (Å²) < 4.78 is 6.09. The minimum Gasteiger partial charge on any atom is -0.497 e. The number of halogens is 1. The van der Waals surface area contributed by atoms with Crippen molar-refractivity contribution >= 4 is 27.3 Å². The summed E-state index contributed by atoms with van der Waals surface area (Å²) in [4.78, 5) is 10.5. The maximum absolute atomic E-state index is 10.9. The summed E-state index contributed by atoms with van der Waals surface area (Å²) in [6.45, 7) is 0.562. The number of rotatable bonds is 4. The van der Waals surface area contributed by atoms with Crippen LogP contribution in [0.3, 0.4) is 0 Å². The Morgan fingerprint density at radius 1 is 1.56 bits per heavy atom. The van der Waals surface area contributed by atoms with Gasteiger partial charge in [-0.15, -0.1) is 0 Å². The third-order valence-electron chi connectivity index (χ3n) is 2.70. The van der Waals surface area contributed by atoms with Crippen LogP contribution in [0.15, 0.2) is 35.0 Å². The lowest BCUT2D eigenvalue weighted by molar-refractivity contribution is -0.384. The molecule has 1 unspecified atom stereocenters. The minimum absolute atomic E-state index is 0.0655. The van der Waals surface area contributed by atoms with E-state index in [-0.39, 0.29) is 11.8 Å². The zero-order valence-electron chi connectivity index (χ0n) is 9.64. The van der Waals surface area contributed by atoms with E-state index in [1.807, 2.05) is 6.08 Å². The first-order valence-corrected chi connectivity index (χ1v) is 6.44. The molecule has 0 saturated heterocycles. The van der Waals surface area contributed by atoms with E-state index in [1.54, 1.807) is 18.4 Å². The summed E-state index contributed by atoms with van der Waals surface area (Å²) in [7, 11) is 0. The van der Waals surface area contributed by atoms with Gasteiger partial charge in [-0.25, -0.2) is 0 Å². The first-order chi connectivity index (χ1) is 8.66. The molecular weight excluding hydrogens is 300 g/mol. The Bertz CT molecular complexity index is 476. The summed E-state index contributed by atoms with van der Waals surface area (Å²) in [6.07, 6.45) is 5.63. The number of nitro groups is 1. The van der Waals surface area contributed by atoms with Gasteiger partial charge in [0.05, 0.1) is 17.7 Å². The molecule has 0 amide bonds. The van der Waals surface area contributed by atoms with Crippen LogP contribution in [-0.2, 0) is 4.74 Å². The van der Waals surface area contributed by atoms with E-state index in [9.17, 15) is 10.1 Å². The predicted octanol–water partition coefficient (Wildman–Crippen LogP) is 3.46.